The molecule has 0 aliphatic heterocycles. The fourth-order valence-electron chi connectivity index (χ4n) is 2.53. The van der Waals surface area contributed by atoms with Gasteiger partial charge in [-0.05, 0) is 43.2 Å². The number of nitrogens with two attached hydrogens (primary N) is 1. The molecule has 1 aromatic carbocycles. The Labute approximate surface area is 86.3 Å². The standard InChI is InChI=1S/C13H19N/c14-10-11-5-4-8-13(9-11)12-6-2-1-3-7-12/h1-3,6-7,11,13H,4-5,8-10,14H2/t11?,13-/m1/s1. The van der Waals surface area contributed by atoms with Crippen LogP contribution in [0.3, 0.4) is 0 Å². The van der Waals surface area contributed by atoms with Gasteiger partial charge in [-0.1, -0.05) is 36.8 Å². The van der Waals surface area contributed by atoms with E-state index in [9.17, 15) is 0 Å². The van der Waals surface area contributed by atoms with E-state index in [1.807, 2.05) is 0 Å². The normalized spacial score (nSPS) is 27.5. The Morgan fingerprint density at radius 2 is 1.93 bits per heavy atom. The van der Waals surface area contributed by atoms with Gasteiger partial charge in [0.25, 0.3) is 0 Å². The lowest BCUT2D eigenvalue weighted by Gasteiger charge is -2.28. The monoisotopic (exact) mass is 189 g/mol. The van der Waals surface area contributed by atoms with E-state index in [1.165, 1.54) is 31.2 Å². The summed E-state index contributed by atoms with van der Waals surface area (Å²) in [5, 5.41) is 0. The maximum atomic E-state index is 5.74. The van der Waals surface area contributed by atoms with Crippen LogP contribution in [0.5, 0.6) is 0 Å². The quantitative estimate of drug-likeness (QED) is 0.760. The van der Waals surface area contributed by atoms with Crippen LogP contribution >= 0.6 is 0 Å². The molecule has 2 rings (SSSR count). The first-order valence-corrected chi connectivity index (χ1v) is 5.65. The van der Waals surface area contributed by atoms with Crippen LogP contribution in [-0.2, 0) is 0 Å². The summed E-state index contributed by atoms with van der Waals surface area (Å²) in [6.45, 7) is 0.864. The van der Waals surface area contributed by atoms with Gasteiger partial charge in [-0.2, -0.15) is 0 Å². The molecule has 0 radical (unpaired) electrons. The number of hydrogen-bond acceptors (Lipinski definition) is 1. The summed E-state index contributed by atoms with van der Waals surface area (Å²) in [5.41, 5.74) is 7.25. The molecule has 14 heavy (non-hydrogen) atoms. The Hall–Kier alpha value is -0.820. The molecule has 1 saturated carbocycles. The third-order valence-corrected chi connectivity index (χ3v) is 3.39. The minimum Gasteiger partial charge on any atom is -0.330 e. The maximum Gasteiger partial charge on any atom is -0.00486 e. The Kier molecular flexibility index (Phi) is 3.20. The van der Waals surface area contributed by atoms with E-state index >= 15 is 0 Å². The Bertz CT molecular complexity index is 268. The molecule has 1 aromatic rings. The van der Waals surface area contributed by atoms with E-state index < -0.39 is 0 Å². The van der Waals surface area contributed by atoms with Crippen molar-refractivity contribution in [3.05, 3.63) is 35.9 Å². The second-order valence-corrected chi connectivity index (χ2v) is 4.38. The molecule has 1 aliphatic rings. The van der Waals surface area contributed by atoms with Crippen LogP contribution in [0.15, 0.2) is 30.3 Å². The van der Waals surface area contributed by atoms with Crippen molar-refractivity contribution < 1.29 is 0 Å². The zero-order valence-electron chi connectivity index (χ0n) is 8.65. The summed E-state index contributed by atoms with van der Waals surface area (Å²) < 4.78 is 0. The van der Waals surface area contributed by atoms with Crippen molar-refractivity contribution in [2.45, 2.75) is 31.6 Å². The molecule has 1 unspecified atom stereocenters. The van der Waals surface area contributed by atoms with Crippen LogP contribution in [-0.4, -0.2) is 6.54 Å². The second-order valence-electron chi connectivity index (χ2n) is 4.38. The molecular formula is C13H19N. The van der Waals surface area contributed by atoms with Gasteiger partial charge in [0, 0.05) is 0 Å². The van der Waals surface area contributed by atoms with Crippen LogP contribution in [0, 0.1) is 5.92 Å². The average molecular weight is 189 g/mol. The van der Waals surface area contributed by atoms with Crippen molar-refractivity contribution in [3.8, 4) is 0 Å². The molecule has 0 bridgehead atoms. The maximum absolute atomic E-state index is 5.74. The van der Waals surface area contributed by atoms with Gasteiger partial charge < -0.3 is 5.73 Å². The third-order valence-electron chi connectivity index (χ3n) is 3.39. The fourth-order valence-corrected chi connectivity index (χ4v) is 2.53. The molecule has 76 valence electrons. The summed E-state index contributed by atoms with van der Waals surface area (Å²) >= 11 is 0. The van der Waals surface area contributed by atoms with E-state index in [1.54, 1.807) is 0 Å². The summed E-state index contributed by atoms with van der Waals surface area (Å²) in [6.07, 6.45) is 5.32. The average Bonchev–Trinajstić information content (AvgIpc) is 2.30. The topological polar surface area (TPSA) is 26.0 Å². The highest BCUT2D eigenvalue weighted by atomic mass is 14.6. The summed E-state index contributed by atoms with van der Waals surface area (Å²) in [7, 11) is 0. The van der Waals surface area contributed by atoms with Gasteiger partial charge in [-0.25, -0.2) is 0 Å². The summed E-state index contributed by atoms with van der Waals surface area (Å²) in [6, 6.07) is 10.9. The van der Waals surface area contributed by atoms with Crippen LogP contribution in [0.4, 0.5) is 0 Å². The van der Waals surface area contributed by atoms with Crippen molar-refractivity contribution in [1.29, 1.82) is 0 Å². The lowest BCUT2D eigenvalue weighted by Crippen LogP contribution is -2.21. The first-order chi connectivity index (χ1) is 6.90. The van der Waals surface area contributed by atoms with E-state index in [2.05, 4.69) is 30.3 Å². The first-order valence-electron chi connectivity index (χ1n) is 5.65. The van der Waals surface area contributed by atoms with Crippen molar-refractivity contribution in [3.63, 3.8) is 0 Å². The molecule has 0 heterocycles. The van der Waals surface area contributed by atoms with Crippen molar-refractivity contribution >= 4 is 0 Å². The molecule has 0 aromatic heterocycles. The predicted octanol–water partition coefficient (Wildman–Crippen LogP) is 2.92. The van der Waals surface area contributed by atoms with Crippen LogP contribution in [0.2, 0.25) is 0 Å². The van der Waals surface area contributed by atoms with E-state index in [0.29, 0.717) is 0 Å². The second kappa shape index (κ2) is 4.61. The lowest BCUT2D eigenvalue weighted by molar-refractivity contribution is 0.329. The molecule has 1 heteroatoms. The molecule has 0 spiro atoms. The largest absolute Gasteiger partial charge is 0.330 e. The Balaban J connectivity index is 2.04. The summed E-state index contributed by atoms with van der Waals surface area (Å²) in [5.74, 6) is 1.52. The van der Waals surface area contributed by atoms with Crippen LogP contribution in [0.25, 0.3) is 0 Å². The Morgan fingerprint density at radius 1 is 1.14 bits per heavy atom. The van der Waals surface area contributed by atoms with E-state index in [-0.39, 0.29) is 0 Å². The SMILES string of the molecule is NCC1CCC[C@@H](c2ccccc2)C1. The van der Waals surface area contributed by atoms with Crippen molar-refractivity contribution in [1.82, 2.24) is 0 Å². The highest BCUT2D eigenvalue weighted by molar-refractivity contribution is 5.19. The number of benzene rings is 1. The molecule has 1 nitrogen and oxygen atoms in total. The van der Waals surface area contributed by atoms with Gasteiger partial charge in [0.1, 0.15) is 0 Å². The van der Waals surface area contributed by atoms with Gasteiger partial charge in [-0.3, -0.25) is 0 Å². The number of rotatable bonds is 2. The Morgan fingerprint density at radius 3 is 2.64 bits per heavy atom. The fraction of sp³-hybridized carbons (Fsp3) is 0.538. The number of hydrogen-bond donors (Lipinski definition) is 1. The zero-order valence-corrected chi connectivity index (χ0v) is 8.65. The molecule has 0 saturated heterocycles. The minimum absolute atomic E-state index is 0.758. The molecular weight excluding hydrogens is 170 g/mol. The lowest BCUT2D eigenvalue weighted by atomic mass is 9.78. The van der Waals surface area contributed by atoms with Crippen molar-refractivity contribution in [2.24, 2.45) is 11.7 Å². The molecule has 1 aliphatic carbocycles. The van der Waals surface area contributed by atoms with Gasteiger partial charge in [0.15, 0.2) is 0 Å². The minimum atomic E-state index is 0.758. The highest BCUT2D eigenvalue weighted by Gasteiger charge is 2.21. The third kappa shape index (κ3) is 2.16. The molecule has 0 amide bonds. The zero-order chi connectivity index (χ0) is 9.80. The van der Waals surface area contributed by atoms with Gasteiger partial charge in [-0.15, -0.1) is 0 Å². The molecule has 2 atom stereocenters. The van der Waals surface area contributed by atoms with Gasteiger partial charge >= 0.3 is 0 Å². The van der Waals surface area contributed by atoms with Crippen LogP contribution in [0.1, 0.15) is 37.2 Å². The van der Waals surface area contributed by atoms with Gasteiger partial charge in [0.05, 0.1) is 0 Å². The summed E-state index contributed by atoms with van der Waals surface area (Å²) in [4.78, 5) is 0. The van der Waals surface area contributed by atoms with E-state index in [0.717, 1.165) is 18.4 Å². The predicted molar refractivity (Wildman–Crippen MR) is 60.2 cm³/mol. The van der Waals surface area contributed by atoms with E-state index in [4.69, 9.17) is 5.73 Å². The van der Waals surface area contributed by atoms with Crippen molar-refractivity contribution in [2.75, 3.05) is 6.54 Å². The highest BCUT2D eigenvalue weighted by Crippen LogP contribution is 2.35. The molecule has 1 fully saturated rings. The van der Waals surface area contributed by atoms with Crippen LogP contribution < -0.4 is 5.73 Å². The van der Waals surface area contributed by atoms with Gasteiger partial charge in [0.2, 0.25) is 0 Å². The smallest absolute Gasteiger partial charge is 0.00486 e. The molecule has 2 N–H and O–H groups in total. The first kappa shape index (κ1) is 9.72.